The van der Waals surface area contributed by atoms with Crippen LogP contribution in [0.25, 0.3) is 105 Å². The van der Waals surface area contributed by atoms with E-state index in [2.05, 4.69) is 254 Å². The van der Waals surface area contributed by atoms with Gasteiger partial charge in [0.15, 0.2) is 0 Å². The van der Waals surface area contributed by atoms with Gasteiger partial charge in [0.25, 0.3) is 0 Å². The van der Waals surface area contributed by atoms with Gasteiger partial charge < -0.3 is 9.47 Å². The summed E-state index contributed by atoms with van der Waals surface area (Å²) in [5.74, 6) is 0. The zero-order chi connectivity index (χ0) is 44.4. The summed E-state index contributed by atoms with van der Waals surface area (Å²) in [6.07, 6.45) is 0. The van der Waals surface area contributed by atoms with Crippen molar-refractivity contribution in [3.63, 3.8) is 0 Å². The summed E-state index contributed by atoms with van der Waals surface area (Å²) in [6, 6.07) is 85.7. The molecule has 2 aliphatic carbocycles. The molecule has 2 aliphatic rings. The average Bonchev–Trinajstić information content (AvgIpc) is 3.98. The van der Waals surface area contributed by atoms with Crippen LogP contribution in [-0.4, -0.2) is 4.57 Å². The molecule has 2 nitrogen and oxygen atoms in total. The lowest BCUT2D eigenvalue weighted by molar-refractivity contribution is 0.660. The number of fused-ring (bicyclic) bond motifs is 11. The Labute approximate surface area is 390 Å². The lowest BCUT2D eigenvalue weighted by atomic mass is 9.82. The lowest BCUT2D eigenvalue weighted by Gasteiger charge is -2.28. The highest BCUT2D eigenvalue weighted by Crippen LogP contribution is 2.54. The molecule has 14 rings (SSSR count). The normalized spacial score (nSPS) is 13.0. The minimum atomic E-state index is -0.124. The highest BCUT2D eigenvalue weighted by molar-refractivity contribution is 6.22. The van der Waals surface area contributed by atoms with E-state index < -0.39 is 0 Å². The molecule has 12 aromatic rings. The Balaban J connectivity index is 0.953. The SMILES string of the molecule is CC1(C)c2ccccc2-c2ccc(N(c3ccc(-c4ccccc4)cc3)c3cccc(-c4ccc5c6c(n(-c7ccc8ccc9ccccc9c8c7)c5c4)-c4cccc5cccc-6c45)c3)cc21. The number of aromatic nitrogens is 1. The van der Waals surface area contributed by atoms with Crippen LogP contribution in [0.5, 0.6) is 0 Å². The molecule has 0 radical (unpaired) electrons. The van der Waals surface area contributed by atoms with E-state index in [9.17, 15) is 0 Å². The summed E-state index contributed by atoms with van der Waals surface area (Å²) in [6.45, 7) is 4.73. The van der Waals surface area contributed by atoms with E-state index in [1.165, 1.54) is 110 Å². The number of rotatable bonds is 6. The monoisotopic (exact) mass is 852 g/mol. The van der Waals surface area contributed by atoms with E-state index in [1.807, 2.05) is 0 Å². The average molecular weight is 853 g/mol. The van der Waals surface area contributed by atoms with Crippen LogP contribution in [0.3, 0.4) is 0 Å². The van der Waals surface area contributed by atoms with Gasteiger partial charge in [-0.25, -0.2) is 0 Å². The first kappa shape index (κ1) is 37.9. The standard InChI is InChI=1S/C65H44N2/c1-65(2)59-24-9-8-21-53(59)54-36-34-51(40-60(54)65)66(48-31-27-42(28-32-48)41-13-4-3-5-14-41)49-19-10-18-46(37-49)47-30-35-55-61(38-47)67(64-57-23-12-17-45-16-11-22-56(62(45)57)63(55)64)50-33-29-44-26-25-43-15-6-7-20-52(43)58(44)39-50/h3-40H,1-2H3. The van der Waals surface area contributed by atoms with Crippen LogP contribution in [0.1, 0.15) is 25.0 Å². The van der Waals surface area contributed by atoms with E-state index >= 15 is 0 Å². The van der Waals surface area contributed by atoms with Crippen LogP contribution < -0.4 is 4.90 Å². The Morgan fingerprint density at radius 3 is 1.84 bits per heavy atom. The molecule has 2 heteroatoms. The predicted molar refractivity (Wildman–Crippen MR) is 283 cm³/mol. The Morgan fingerprint density at radius 2 is 0.970 bits per heavy atom. The second-order valence-electron chi connectivity index (χ2n) is 18.9. The molecule has 11 aromatic carbocycles. The van der Waals surface area contributed by atoms with Crippen molar-refractivity contribution in [3.05, 3.63) is 242 Å². The number of anilines is 3. The summed E-state index contributed by atoms with van der Waals surface area (Å²) in [4.78, 5) is 2.43. The van der Waals surface area contributed by atoms with E-state index in [0.29, 0.717) is 0 Å². The maximum absolute atomic E-state index is 2.54. The third-order valence-electron chi connectivity index (χ3n) is 14.9. The number of benzene rings is 11. The third-order valence-corrected chi connectivity index (χ3v) is 14.9. The highest BCUT2D eigenvalue weighted by Gasteiger charge is 2.36. The van der Waals surface area contributed by atoms with Crippen LogP contribution in [-0.2, 0) is 5.41 Å². The van der Waals surface area contributed by atoms with Crippen molar-refractivity contribution in [2.75, 3.05) is 4.90 Å². The van der Waals surface area contributed by atoms with Crippen molar-refractivity contribution < 1.29 is 0 Å². The van der Waals surface area contributed by atoms with Crippen molar-refractivity contribution in [1.82, 2.24) is 4.57 Å². The van der Waals surface area contributed by atoms with Gasteiger partial charge in [0.1, 0.15) is 0 Å². The molecule has 1 aromatic heterocycles. The Hall–Kier alpha value is -8.46. The Morgan fingerprint density at radius 1 is 0.358 bits per heavy atom. The quantitative estimate of drug-likeness (QED) is 0.151. The van der Waals surface area contributed by atoms with E-state index in [0.717, 1.165) is 22.7 Å². The fraction of sp³-hybridized carbons (Fsp3) is 0.0462. The van der Waals surface area contributed by atoms with Crippen molar-refractivity contribution in [3.8, 4) is 61.5 Å². The van der Waals surface area contributed by atoms with Gasteiger partial charge in [-0.1, -0.05) is 190 Å². The maximum Gasteiger partial charge on any atom is 0.0626 e. The molecule has 0 atom stereocenters. The zero-order valence-corrected chi connectivity index (χ0v) is 37.3. The van der Waals surface area contributed by atoms with Gasteiger partial charge in [0.05, 0.1) is 11.2 Å². The van der Waals surface area contributed by atoms with Crippen molar-refractivity contribution >= 4 is 60.3 Å². The lowest BCUT2D eigenvalue weighted by Crippen LogP contribution is -2.16. The van der Waals surface area contributed by atoms with Crippen molar-refractivity contribution in [2.24, 2.45) is 0 Å². The molecule has 0 N–H and O–H groups in total. The molecule has 0 saturated carbocycles. The molecule has 1 heterocycles. The molecule has 67 heavy (non-hydrogen) atoms. The largest absolute Gasteiger partial charge is 0.310 e. The summed E-state index contributed by atoms with van der Waals surface area (Å²) in [5.41, 5.74) is 20.9. The van der Waals surface area contributed by atoms with Crippen LogP contribution in [0.2, 0.25) is 0 Å². The molecule has 0 amide bonds. The van der Waals surface area contributed by atoms with Crippen LogP contribution in [0.15, 0.2) is 231 Å². The highest BCUT2D eigenvalue weighted by atomic mass is 15.1. The molecular formula is C65H44N2. The first-order valence-corrected chi connectivity index (χ1v) is 23.4. The summed E-state index contributed by atoms with van der Waals surface area (Å²) in [5, 5.41) is 8.91. The third kappa shape index (κ3) is 5.63. The first-order valence-electron chi connectivity index (χ1n) is 23.4. The molecule has 0 saturated heterocycles. The topological polar surface area (TPSA) is 8.17 Å². The Bertz CT molecular complexity index is 4000. The first-order chi connectivity index (χ1) is 33.0. The smallest absolute Gasteiger partial charge is 0.0626 e. The summed E-state index contributed by atoms with van der Waals surface area (Å²) >= 11 is 0. The second kappa shape index (κ2) is 14.3. The van der Waals surface area contributed by atoms with Gasteiger partial charge in [-0.15, -0.1) is 0 Å². The molecular weight excluding hydrogens is 809 g/mol. The van der Waals surface area contributed by atoms with Gasteiger partial charge in [0.2, 0.25) is 0 Å². The fourth-order valence-electron chi connectivity index (χ4n) is 11.7. The summed E-state index contributed by atoms with van der Waals surface area (Å²) < 4.78 is 2.54. The molecule has 0 bridgehead atoms. The minimum Gasteiger partial charge on any atom is -0.310 e. The molecule has 314 valence electrons. The number of hydrogen-bond acceptors (Lipinski definition) is 1. The summed E-state index contributed by atoms with van der Waals surface area (Å²) in [7, 11) is 0. The molecule has 0 spiro atoms. The van der Waals surface area contributed by atoms with Crippen LogP contribution in [0, 0.1) is 0 Å². The van der Waals surface area contributed by atoms with E-state index in [-0.39, 0.29) is 5.41 Å². The maximum atomic E-state index is 2.54. The zero-order valence-electron chi connectivity index (χ0n) is 37.3. The van der Waals surface area contributed by atoms with Gasteiger partial charge >= 0.3 is 0 Å². The Kier molecular flexibility index (Phi) is 8.06. The van der Waals surface area contributed by atoms with E-state index in [4.69, 9.17) is 0 Å². The molecule has 0 unspecified atom stereocenters. The van der Waals surface area contributed by atoms with Gasteiger partial charge in [0, 0.05) is 44.7 Å². The van der Waals surface area contributed by atoms with E-state index in [1.54, 1.807) is 0 Å². The fourth-order valence-corrected chi connectivity index (χ4v) is 11.7. The van der Waals surface area contributed by atoms with Crippen molar-refractivity contribution in [1.29, 1.82) is 0 Å². The minimum absolute atomic E-state index is 0.124. The molecule has 0 fully saturated rings. The van der Waals surface area contributed by atoms with Gasteiger partial charge in [-0.05, 0) is 137 Å². The van der Waals surface area contributed by atoms with Crippen LogP contribution in [0.4, 0.5) is 17.1 Å². The number of nitrogens with zero attached hydrogens (tertiary/aromatic N) is 2. The van der Waals surface area contributed by atoms with Gasteiger partial charge in [-0.2, -0.15) is 0 Å². The second-order valence-corrected chi connectivity index (χ2v) is 18.9. The predicted octanol–water partition coefficient (Wildman–Crippen LogP) is 17.8. The van der Waals surface area contributed by atoms with Crippen LogP contribution >= 0.6 is 0 Å². The number of hydrogen-bond donors (Lipinski definition) is 0. The molecule has 0 aliphatic heterocycles. The van der Waals surface area contributed by atoms with Gasteiger partial charge in [-0.3, -0.25) is 0 Å². The van der Waals surface area contributed by atoms with Crippen molar-refractivity contribution in [2.45, 2.75) is 19.3 Å².